The number of amides is 2. The lowest BCUT2D eigenvalue weighted by molar-refractivity contribution is 0.0641. The number of carbonyl (C=O) groups is 2. The van der Waals surface area contributed by atoms with E-state index < -0.39 is 5.82 Å². The van der Waals surface area contributed by atoms with Crippen molar-refractivity contribution in [2.75, 3.05) is 45.2 Å². The zero-order valence-electron chi connectivity index (χ0n) is 19.6. The monoisotopic (exact) mass is 505 g/mol. The largest absolute Gasteiger partial charge is 0.371 e. The number of halogens is 3. The Morgan fingerprint density at radius 3 is 2.09 bits per heavy atom. The summed E-state index contributed by atoms with van der Waals surface area (Å²) >= 11 is 12.5. The molecule has 0 bridgehead atoms. The van der Waals surface area contributed by atoms with Gasteiger partial charge in [0.05, 0.1) is 21.2 Å². The summed E-state index contributed by atoms with van der Waals surface area (Å²) in [6.45, 7) is 3.13. The number of carbonyl (C=O) groups excluding carboxylic acids is 2. The van der Waals surface area contributed by atoms with Crippen LogP contribution in [0.4, 0.5) is 10.1 Å². The van der Waals surface area contributed by atoms with E-state index >= 15 is 0 Å². The molecule has 5 nitrogen and oxygen atoms in total. The summed E-state index contributed by atoms with van der Waals surface area (Å²) < 4.78 is 14.2. The fourth-order valence-corrected chi connectivity index (χ4v) is 5.68. The first-order valence-electron chi connectivity index (χ1n) is 11.8. The lowest BCUT2D eigenvalue weighted by atomic mass is 9.78. The number of nitrogens with zero attached hydrogens (tertiary/aromatic N) is 3. The molecule has 2 aliphatic rings. The highest BCUT2D eigenvalue weighted by Gasteiger charge is 2.32. The topological polar surface area (TPSA) is 43.9 Å². The number of piperidine rings is 2. The van der Waals surface area contributed by atoms with Gasteiger partial charge in [-0.3, -0.25) is 9.59 Å². The number of anilines is 1. The molecular weight excluding hydrogens is 476 g/mol. The molecule has 0 atom stereocenters. The molecule has 182 valence electrons. The van der Waals surface area contributed by atoms with Crippen LogP contribution in [0.2, 0.25) is 10.0 Å². The minimum absolute atomic E-state index is 0.0205. The molecule has 0 spiro atoms. The number of benzene rings is 2. The summed E-state index contributed by atoms with van der Waals surface area (Å²) in [4.78, 5) is 30.6. The van der Waals surface area contributed by atoms with Gasteiger partial charge in [0.1, 0.15) is 5.82 Å². The highest BCUT2D eigenvalue weighted by Crippen LogP contribution is 2.35. The molecule has 2 saturated heterocycles. The van der Waals surface area contributed by atoms with Crippen molar-refractivity contribution in [3.05, 3.63) is 63.4 Å². The van der Waals surface area contributed by atoms with E-state index in [9.17, 15) is 14.0 Å². The molecule has 4 rings (SSSR count). The Morgan fingerprint density at radius 2 is 1.53 bits per heavy atom. The van der Waals surface area contributed by atoms with E-state index in [0.29, 0.717) is 35.5 Å². The molecule has 0 unspecified atom stereocenters. The minimum Gasteiger partial charge on any atom is -0.371 e. The zero-order valence-corrected chi connectivity index (χ0v) is 21.1. The highest BCUT2D eigenvalue weighted by atomic mass is 35.5. The molecule has 0 aromatic heterocycles. The summed E-state index contributed by atoms with van der Waals surface area (Å²) in [6, 6.07) is 10.0. The molecule has 0 radical (unpaired) electrons. The van der Waals surface area contributed by atoms with Crippen LogP contribution in [-0.2, 0) is 0 Å². The summed E-state index contributed by atoms with van der Waals surface area (Å²) in [5.41, 5.74) is 1.54. The van der Waals surface area contributed by atoms with Crippen LogP contribution in [0.25, 0.3) is 0 Å². The normalized spacial score (nSPS) is 17.7. The number of hydrogen-bond donors (Lipinski definition) is 0. The average molecular weight is 506 g/mol. The van der Waals surface area contributed by atoms with Crippen LogP contribution in [0.5, 0.6) is 0 Å². The van der Waals surface area contributed by atoms with Gasteiger partial charge in [-0.2, -0.15) is 0 Å². The molecule has 2 aromatic carbocycles. The Bertz CT molecular complexity index is 1040. The minimum atomic E-state index is -0.564. The van der Waals surface area contributed by atoms with Crippen LogP contribution in [0.3, 0.4) is 0 Å². The van der Waals surface area contributed by atoms with E-state index in [1.54, 1.807) is 31.1 Å². The van der Waals surface area contributed by atoms with Crippen LogP contribution in [-0.4, -0.2) is 61.9 Å². The van der Waals surface area contributed by atoms with Crippen LogP contribution in [0.1, 0.15) is 46.4 Å². The van der Waals surface area contributed by atoms with Gasteiger partial charge >= 0.3 is 0 Å². The van der Waals surface area contributed by atoms with Gasteiger partial charge in [0, 0.05) is 46.0 Å². The maximum Gasteiger partial charge on any atom is 0.258 e. The van der Waals surface area contributed by atoms with Gasteiger partial charge < -0.3 is 14.7 Å². The van der Waals surface area contributed by atoms with Crippen molar-refractivity contribution in [2.24, 2.45) is 11.8 Å². The zero-order chi connectivity index (χ0) is 24.4. The first-order chi connectivity index (χ1) is 16.3. The molecule has 8 heteroatoms. The van der Waals surface area contributed by atoms with Crippen molar-refractivity contribution < 1.29 is 14.0 Å². The Morgan fingerprint density at radius 1 is 0.912 bits per heavy atom. The summed E-state index contributed by atoms with van der Waals surface area (Å²) in [6.07, 6.45) is 4.01. The molecular formula is C26H30Cl2FN3O2. The number of likely N-dealkylation sites (tertiary alicyclic amines) is 1. The second kappa shape index (κ2) is 10.5. The molecule has 2 aliphatic heterocycles. The Kier molecular flexibility index (Phi) is 7.68. The van der Waals surface area contributed by atoms with Gasteiger partial charge in [-0.15, -0.1) is 0 Å². The first kappa shape index (κ1) is 24.8. The fraction of sp³-hybridized carbons (Fsp3) is 0.462. The fourth-order valence-electron chi connectivity index (χ4n) is 5.18. The molecule has 34 heavy (non-hydrogen) atoms. The number of rotatable bonds is 4. The van der Waals surface area contributed by atoms with E-state index in [0.717, 1.165) is 44.5 Å². The quantitative estimate of drug-likeness (QED) is 0.542. The lowest BCUT2D eigenvalue weighted by Crippen LogP contribution is -2.43. The van der Waals surface area contributed by atoms with Gasteiger partial charge in [-0.05, 0) is 67.9 Å². The third-order valence-corrected chi connectivity index (χ3v) is 7.79. The van der Waals surface area contributed by atoms with Crippen LogP contribution >= 0.6 is 23.2 Å². The Hall–Kier alpha value is -2.31. The molecule has 0 N–H and O–H groups in total. The third kappa shape index (κ3) is 5.18. The van der Waals surface area contributed by atoms with Crippen molar-refractivity contribution in [3.8, 4) is 0 Å². The Balaban J connectivity index is 1.31. The van der Waals surface area contributed by atoms with Crippen LogP contribution in [0.15, 0.2) is 36.4 Å². The van der Waals surface area contributed by atoms with Crippen molar-refractivity contribution >= 4 is 40.7 Å². The molecule has 2 amide bonds. The standard InChI is InChI=1S/C26H30Cl2FN3O2/c1-30(2)25(33)20-7-6-19(16-22(20)28)31-12-8-17(9-13-31)18-10-14-32(15-11-18)26(34)24-21(27)4-3-5-23(24)29/h3-7,16-18H,8-15H2,1-2H3. The molecule has 2 aromatic rings. The molecule has 0 aliphatic carbocycles. The third-order valence-electron chi connectivity index (χ3n) is 7.16. The van der Waals surface area contributed by atoms with E-state index in [-0.39, 0.29) is 22.4 Å². The van der Waals surface area contributed by atoms with Gasteiger partial charge in [-0.1, -0.05) is 29.3 Å². The van der Waals surface area contributed by atoms with Gasteiger partial charge in [0.2, 0.25) is 0 Å². The van der Waals surface area contributed by atoms with E-state index in [1.807, 2.05) is 12.1 Å². The van der Waals surface area contributed by atoms with Crippen molar-refractivity contribution in [1.82, 2.24) is 9.80 Å². The van der Waals surface area contributed by atoms with E-state index in [2.05, 4.69) is 4.90 Å². The molecule has 0 saturated carbocycles. The Labute approximate surface area is 210 Å². The van der Waals surface area contributed by atoms with Crippen LogP contribution in [0, 0.1) is 17.7 Å². The van der Waals surface area contributed by atoms with Crippen molar-refractivity contribution in [1.29, 1.82) is 0 Å². The van der Waals surface area contributed by atoms with Crippen LogP contribution < -0.4 is 4.90 Å². The number of hydrogen-bond acceptors (Lipinski definition) is 3. The SMILES string of the molecule is CN(C)C(=O)c1ccc(N2CCC(C3CCN(C(=O)c4c(F)cccc4Cl)CC3)CC2)cc1Cl. The summed E-state index contributed by atoms with van der Waals surface area (Å²) in [7, 11) is 3.43. The van der Waals surface area contributed by atoms with Gasteiger partial charge in [-0.25, -0.2) is 4.39 Å². The molecule has 2 fully saturated rings. The lowest BCUT2D eigenvalue weighted by Gasteiger charge is -2.41. The van der Waals surface area contributed by atoms with E-state index in [4.69, 9.17) is 23.2 Å². The van der Waals surface area contributed by atoms with Gasteiger partial charge in [0.25, 0.3) is 11.8 Å². The maximum atomic E-state index is 14.2. The second-order valence-corrected chi connectivity index (χ2v) is 10.2. The van der Waals surface area contributed by atoms with Gasteiger partial charge in [0.15, 0.2) is 0 Å². The highest BCUT2D eigenvalue weighted by molar-refractivity contribution is 6.34. The van der Waals surface area contributed by atoms with E-state index in [1.165, 1.54) is 17.0 Å². The molecule has 2 heterocycles. The first-order valence-corrected chi connectivity index (χ1v) is 12.5. The maximum absolute atomic E-state index is 14.2. The summed E-state index contributed by atoms with van der Waals surface area (Å²) in [5.74, 6) is 0.189. The second-order valence-electron chi connectivity index (χ2n) is 9.41. The average Bonchev–Trinajstić information content (AvgIpc) is 2.83. The smallest absolute Gasteiger partial charge is 0.258 e. The predicted octanol–water partition coefficient (Wildman–Crippen LogP) is 5.60. The van der Waals surface area contributed by atoms with Crippen molar-refractivity contribution in [3.63, 3.8) is 0 Å². The predicted molar refractivity (Wildman–Crippen MR) is 134 cm³/mol. The van der Waals surface area contributed by atoms with Crippen molar-refractivity contribution in [2.45, 2.75) is 25.7 Å². The summed E-state index contributed by atoms with van der Waals surface area (Å²) in [5, 5.41) is 0.643.